The zero-order valence-corrected chi connectivity index (χ0v) is 22.4. The molecule has 0 heterocycles. The molecule has 0 aromatic heterocycles. The number of carbonyl (C=O) groups is 1. The molecule has 7 rings (SSSR count). The standard InChI is InChI=1S/C30H31ClN2O3S/c1-33(37(35,36)28-12-6-25(31)7-13-28)27-10-4-22(5-11-27)30(34)32-26-8-2-21(3-9-26)29-23-15-19-14-20(17-23)18-24(29)16-19/h2-13,19-20,23-24,29H,14-18H2,1H3,(H,32,34). The molecule has 4 bridgehead atoms. The van der Waals surface area contributed by atoms with E-state index in [1.54, 1.807) is 36.4 Å². The van der Waals surface area contributed by atoms with E-state index in [4.69, 9.17) is 11.6 Å². The highest BCUT2D eigenvalue weighted by atomic mass is 35.5. The largest absolute Gasteiger partial charge is 0.322 e. The Morgan fingerprint density at radius 1 is 0.811 bits per heavy atom. The lowest BCUT2D eigenvalue weighted by Crippen LogP contribution is -2.43. The monoisotopic (exact) mass is 534 g/mol. The van der Waals surface area contributed by atoms with Crippen LogP contribution in [-0.4, -0.2) is 21.4 Å². The highest BCUT2D eigenvalue weighted by Crippen LogP contribution is 2.59. The fourth-order valence-electron chi connectivity index (χ4n) is 7.19. The van der Waals surface area contributed by atoms with Gasteiger partial charge in [-0.05, 0) is 128 Å². The molecular weight excluding hydrogens is 504 g/mol. The topological polar surface area (TPSA) is 66.5 Å². The lowest BCUT2D eigenvalue weighted by Gasteiger charge is -2.54. The van der Waals surface area contributed by atoms with Crippen molar-refractivity contribution in [1.29, 1.82) is 0 Å². The van der Waals surface area contributed by atoms with Crippen LogP contribution in [0.4, 0.5) is 11.4 Å². The molecule has 4 saturated carbocycles. The third-order valence-corrected chi connectivity index (χ3v) is 10.8. The van der Waals surface area contributed by atoms with Crippen molar-refractivity contribution in [1.82, 2.24) is 0 Å². The molecule has 0 aliphatic heterocycles. The first-order valence-electron chi connectivity index (χ1n) is 13.0. The van der Waals surface area contributed by atoms with E-state index in [-0.39, 0.29) is 10.8 Å². The lowest BCUT2D eigenvalue weighted by molar-refractivity contribution is -0.00277. The van der Waals surface area contributed by atoms with E-state index in [0.717, 1.165) is 29.4 Å². The molecule has 0 spiro atoms. The van der Waals surface area contributed by atoms with Crippen molar-refractivity contribution in [2.24, 2.45) is 23.7 Å². The summed E-state index contributed by atoms with van der Waals surface area (Å²) in [5, 5.41) is 3.45. The summed E-state index contributed by atoms with van der Waals surface area (Å²) >= 11 is 5.89. The summed E-state index contributed by atoms with van der Waals surface area (Å²) in [4.78, 5) is 13.0. The number of nitrogens with one attached hydrogen (secondary N) is 1. The molecule has 4 aliphatic rings. The molecule has 37 heavy (non-hydrogen) atoms. The van der Waals surface area contributed by atoms with Gasteiger partial charge in [-0.2, -0.15) is 0 Å². The van der Waals surface area contributed by atoms with Crippen molar-refractivity contribution in [3.8, 4) is 0 Å². The molecule has 0 atom stereocenters. The van der Waals surface area contributed by atoms with Gasteiger partial charge in [0.25, 0.3) is 15.9 Å². The van der Waals surface area contributed by atoms with Gasteiger partial charge in [0.05, 0.1) is 10.6 Å². The smallest absolute Gasteiger partial charge is 0.264 e. The summed E-state index contributed by atoms with van der Waals surface area (Å²) in [5.74, 6) is 4.03. The highest BCUT2D eigenvalue weighted by Gasteiger charge is 2.48. The van der Waals surface area contributed by atoms with Crippen LogP contribution in [0.25, 0.3) is 0 Å². The lowest BCUT2D eigenvalue weighted by atomic mass is 9.51. The Morgan fingerprint density at radius 2 is 1.38 bits per heavy atom. The number of hydrogen-bond donors (Lipinski definition) is 1. The van der Waals surface area contributed by atoms with Crippen LogP contribution < -0.4 is 9.62 Å². The van der Waals surface area contributed by atoms with Crippen molar-refractivity contribution in [3.63, 3.8) is 0 Å². The highest BCUT2D eigenvalue weighted by molar-refractivity contribution is 7.92. The summed E-state index contributed by atoms with van der Waals surface area (Å²) in [7, 11) is -2.25. The number of anilines is 2. The van der Waals surface area contributed by atoms with Crippen LogP contribution in [0.5, 0.6) is 0 Å². The summed E-state index contributed by atoms with van der Waals surface area (Å²) in [6.45, 7) is 0. The predicted molar refractivity (Wildman–Crippen MR) is 148 cm³/mol. The number of sulfonamides is 1. The van der Waals surface area contributed by atoms with Gasteiger partial charge in [-0.1, -0.05) is 23.7 Å². The van der Waals surface area contributed by atoms with Gasteiger partial charge in [0.1, 0.15) is 0 Å². The average molecular weight is 535 g/mol. The molecule has 4 fully saturated rings. The minimum absolute atomic E-state index is 0.151. The summed E-state index contributed by atoms with van der Waals surface area (Å²) in [6.07, 6.45) is 7.02. The van der Waals surface area contributed by atoms with Gasteiger partial charge < -0.3 is 5.32 Å². The average Bonchev–Trinajstić information content (AvgIpc) is 2.89. The summed E-state index contributed by atoms with van der Waals surface area (Å²) in [5.41, 5.74) is 3.11. The van der Waals surface area contributed by atoms with Crippen molar-refractivity contribution < 1.29 is 13.2 Å². The number of nitrogens with zero attached hydrogens (tertiary/aromatic N) is 1. The first-order chi connectivity index (χ1) is 17.8. The van der Waals surface area contributed by atoms with Crippen molar-refractivity contribution in [2.75, 3.05) is 16.7 Å². The van der Waals surface area contributed by atoms with Gasteiger partial charge in [-0.3, -0.25) is 9.10 Å². The maximum atomic E-state index is 12.9. The van der Waals surface area contributed by atoms with E-state index in [1.807, 2.05) is 12.1 Å². The van der Waals surface area contributed by atoms with E-state index >= 15 is 0 Å². The van der Waals surface area contributed by atoms with E-state index in [0.29, 0.717) is 22.2 Å². The summed E-state index contributed by atoms with van der Waals surface area (Å²) in [6, 6.07) is 21.0. The Kier molecular flexibility index (Phi) is 6.28. The molecule has 4 aliphatic carbocycles. The molecule has 5 nitrogen and oxygen atoms in total. The zero-order valence-electron chi connectivity index (χ0n) is 20.8. The normalized spacial score (nSPS) is 26.2. The van der Waals surface area contributed by atoms with Crippen LogP contribution in [0.2, 0.25) is 5.02 Å². The van der Waals surface area contributed by atoms with Crippen LogP contribution in [-0.2, 0) is 10.0 Å². The van der Waals surface area contributed by atoms with E-state index in [9.17, 15) is 13.2 Å². The molecule has 0 unspecified atom stereocenters. The number of rotatable bonds is 6. The Labute approximate surface area is 223 Å². The Bertz CT molecular complexity index is 1370. The minimum Gasteiger partial charge on any atom is -0.322 e. The molecule has 192 valence electrons. The Balaban J connectivity index is 1.11. The zero-order chi connectivity index (χ0) is 25.7. The quantitative estimate of drug-likeness (QED) is 0.372. The van der Waals surface area contributed by atoms with Gasteiger partial charge in [-0.15, -0.1) is 0 Å². The van der Waals surface area contributed by atoms with Gasteiger partial charge >= 0.3 is 0 Å². The number of carbonyl (C=O) groups excluding carboxylic acids is 1. The SMILES string of the molecule is CN(c1ccc(C(=O)Nc2ccc(C3C4CC5CC(C4)CC3C5)cc2)cc1)S(=O)(=O)c1ccc(Cl)cc1. The molecule has 1 N–H and O–H groups in total. The third-order valence-electron chi connectivity index (χ3n) is 8.75. The van der Waals surface area contributed by atoms with Gasteiger partial charge in [0.2, 0.25) is 0 Å². The van der Waals surface area contributed by atoms with E-state index in [1.165, 1.54) is 61.2 Å². The maximum Gasteiger partial charge on any atom is 0.264 e. The van der Waals surface area contributed by atoms with E-state index in [2.05, 4.69) is 17.4 Å². The van der Waals surface area contributed by atoms with Crippen LogP contribution in [0.15, 0.2) is 77.7 Å². The Morgan fingerprint density at radius 3 is 1.95 bits per heavy atom. The van der Waals surface area contributed by atoms with Crippen molar-refractivity contribution in [2.45, 2.75) is 42.9 Å². The van der Waals surface area contributed by atoms with Gasteiger partial charge in [0.15, 0.2) is 0 Å². The second-order valence-corrected chi connectivity index (χ2v) is 13.4. The molecule has 0 radical (unpaired) electrons. The molecular formula is C30H31ClN2O3S. The van der Waals surface area contributed by atoms with Crippen molar-refractivity contribution >= 4 is 38.9 Å². The maximum absolute atomic E-state index is 12.9. The fraction of sp³-hybridized carbons (Fsp3) is 0.367. The number of benzene rings is 3. The first kappa shape index (κ1) is 24.5. The Hall–Kier alpha value is -2.83. The van der Waals surface area contributed by atoms with Gasteiger partial charge in [-0.25, -0.2) is 8.42 Å². The van der Waals surface area contributed by atoms with Crippen LogP contribution >= 0.6 is 11.6 Å². The molecule has 1 amide bonds. The first-order valence-corrected chi connectivity index (χ1v) is 14.9. The number of hydrogen-bond acceptors (Lipinski definition) is 3. The molecule has 3 aromatic carbocycles. The van der Waals surface area contributed by atoms with Crippen molar-refractivity contribution in [3.05, 3.63) is 88.9 Å². The second-order valence-electron chi connectivity index (χ2n) is 11.0. The van der Waals surface area contributed by atoms with Crippen LogP contribution in [0, 0.1) is 23.7 Å². The number of halogens is 1. The van der Waals surface area contributed by atoms with Crippen LogP contribution in [0.3, 0.4) is 0 Å². The van der Waals surface area contributed by atoms with Gasteiger partial charge in [0, 0.05) is 23.3 Å². The molecule has 7 heteroatoms. The third kappa shape index (κ3) is 4.66. The molecule has 0 saturated heterocycles. The second kappa shape index (κ2) is 9.48. The van der Waals surface area contributed by atoms with Crippen LogP contribution in [0.1, 0.15) is 53.9 Å². The predicted octanol–water partition coefficient (Wildman–Crippen LogP) is 6.96. The van der Waals surface area contributed by atoms with E-state index < -0.39 is 10.0 Å². The summed E-state index contributed by atoms with van der Waals surface area (Å²) < 4.78 is 27.1. The minimum atomic E-state index is -3.74. The number of amides is 1. The molecule has 3 aromatic rings. The fourth-order valence-corrected chi connectivity index (χ4v) is 8.51.